The summed E-state index contributed by atoms with van der Waals surface area (Å²) in [5.74, 6) is 0.642. The fraction of sp³-hybridized carbons (Fsp3) is 0.278. The lowest BCUT2D eigenvalue weighted by atomic mass is 10.0. The van der Waals surface area contributed by atoms with Gasteiger partial charge in [0.2, 0.25) is 0 Å². The number of carbonyl (C=O) groups is 1. The first-order valence-electron chi connectivity index (χ1n) is 7.04. The molecule has 0 atom stereocenters. The molecule has 110 valence electrons. The highest BCUT2D eigenvalue weighted by molar-refractivity contribution is 5.83. The number of ether oxygens (including phenoxy) is 1. The molecule has 0 spiro atoms. The minimum Gasteiger partial charge on any atom is -0.492 e. The average Bonchev–Trinajstić information content (AvgIpc) is 2.47. The first-order valence-corrected chi connectivity index (χ1v) is 7.04. The van der Waals surface area contributed by atoms with Crippen molar-refractivity contribution in [2.75, 3.05) is 27.2 Å². The molecule has 0 saturated carbocycles. The van der Waals surface area contributed by atoms with Gasteiger partial charge in [-0.3, -0.25) is 4.79 Å². The van der Waals surface area contributed by atoms with E-state index in [9.17, 15) is 4.79 Å². The van der Waals surface area contributed by atoms with E-state index in [4.69, 9.17) is 4.74 Å². The van der Waals surface area contributed by atoms with Crippen molar-refractivity contribution >= 4 is 6.29 Å². The zero-order valence-corrected chi connectivity index (χ0v) is 12.8. The Morgan fingerprint density at radius 1 is 1.10 bits per heavy atom. The lowest BCUT2D eigenvalue weighted by Crippen LogP contribution is -2.19. The van der Waals surface area contributed by atoms with Gasteiger partial charge in [-0.25, -0.2) is 0 Å². The van der Waals surface area contributed by atoms with Gasteiger partial charge in [0.25, 0.3) is 0 Å². The maximum absolute atomic E-state index is 11.3. The van der Waals surface area contributed by atoms with Crippen LogP contribution in [0.25, 0.3) is 11.1 Å². The Kier molecular flexibility index (Phi) is 5.12. The van der Waals surface area contributed by atoms with Crippen LogP contribution >= 0.6 is 0 Å². The van der Waals surface area contributed by atoms with E-state index in [0.717, 1.165) is 24.0 Å². The first-order chi connectivity index (χ1) is 10.1. The molecule has 0 aliphatic carbocycles. The Hall–Kier alpha value is -2.13. The van der Waals surface area contributed by atoms with Gasteiger partial charge >= 0.3 is 0 Å². The molecule has 0 unspecified atom stereocenters. The van der Waals surface area contributed by atoms with Gasteiger partial charge in [-0.15, -0.1) is 0 Å². The molecule has 21 heavy (non-hydrogen) atoms. The van der Waals surface area contributed by atoms with Crippen molar-refractivity contribution in [1.29, 1.82) is 0 Å². The maximum atomic E-state index is 11.3. The van der Waals surface area contributed by atoms with Crippen LogP contribution in [-0.4, -0.2) is 38.4 Å². The van der Waals surface area contributed by atoms with Crippen molar-refractivity contribution in [1.82, 2.24) is 4.90 Å². The van der Waals surface area contributed by atoms with E-state index in [-0.39, 0.29) is 0 Å². The van der Waals surface area contributed by atoms with E-state index in [1.807, 2.05) is 49.3 Å². The molecule has 2 aromatic rings. The number of likely N-dealkylation sites (N-methyl/N-ethyl adjacent to an activating group) is 1. The summed E-state index contributed by atoms with van der Waals surface area (Å²) >= 11 is 0. The predicted octanol–water partition coefficient (Wildman–Crippen LogP) is 3.41. The molecule has 3 heteroatoms. The smallest absolute Gasteiger partial charge is 0.153 e. The van der Waals surface area contributed by atoms with Crippen molar-refractivity contribution < 1.29 is 9.53 Å². The van der Waals surface area contributed by atoms with Crippen LogP contribution in [0.5, 0.6) is 5.75 Å². The van der Waals surface area contributed by atoms with Crippen LogP contribution in [0, 0.1) is 6.92 Å². The molecular weight excluding hydrogens is 262 g/mol. The molecule has 2 aromatic carbocycles. The molecule has 3 nitrogen and oxygen atoms in total. The highest BCUT2D eigenvalue weighted by Gasteiger charge is 2.06. The largest absolute Gasteiger partial charge is 0.492 e. The topological polar surface area (TPSA) is 29.5 Å². The standard InChI is InChI=1S/C18H21NO2/c1-14-5-4-6-15(11-14)16-7-8-18(17(12-16)13-20)21-10-9-19(2)3/h4-8,11-13H,9-10H2,1-3H3. The molecule has 0 N–H and O–H groups in total. The highest BCUT2D eigenvalue weighted by Crippen LogP contribution is 2.26. The molecule has 0 radical (unpaired) electrons. The van der Waals surface area contributed by atoms with Crippen LogP contribution in [0.2, 0.25) is 0 Å². The number of nitrogens with zero attached hydrogens (tertiary/aromatic N) is 1. The van der Waals surface area contributed by atoms with Gasteiger partial charge in [-0.1, -0.05) is 35.9 Å². The van der Waals surface area contributed by atoms with Crippen LogP contribution in [0.3, 0.4) is 0 Å². The summed E-state index contributed by atoms with van der Waals surface area (Å²) in [5, 5.41) is 0. The molecule has 0 aromatic heterocycles. The van der Waals surface area contributed by atoms with Gasteiger partial charge in [0.15, 0.2) is 6.29 Å². The van der Waals surface area contributed by atoms with E-state index in [2.05, 4.69) is 19.1 Å². The van der Waals surface area contributed by atoms with Crippen LogP contribution in [0.1, 0.15) is 15.9 Å². The molecule has 0 amide bonds. The van der Waals surface area contributed by atoms with Crippen molar-refractivity contribution in [3.8, 4) is 16.9 Å². The van der Waals surface area contributed by atoms with Gasteiger partial charge in [0, 0.05) is 6.54 Å². The van der Waals surface area contributed by atoms with Crippen molar-refractivity contribution in [2.24, 2.45) is 0 Å². The van der Waals surface area contributed by atoms with E-state index in [0.29, 0.717) is 17.9 Å². The lowest BCUT2D eigenvalue weighted by molar-refractivity contribution is 0.111. The predicted molar refractivity (Wildman–Crippen MR) is 86.1 cm³/mol. The second-order valence-corrected chi connectivity index (χ2v) is 5.39. The number of aldehydes is 1. The monoisotopic (exact) mass is 283 g/mol. The van der Waals surface area contributed by atoms with Gasteiger partial charge in [0.05, 0.1) is 5.56 Å². The lowest BCUT2D eigenvalue weighted by Gasteiger charge is -2.13. The summed E-state index contributed by atoms with van der Waals surface area (Å²) < 4.78 is 5.68. The Bertz CT molecular complexity index is 620. The SMILES string of the molecule is Cc1cccc(-c2ccc(OCCN(C)C)c(C=O)c2)c1. The molecule has 0 fully saturated rings. The third kappa shape index (κ3) is 4.17. The van der Waals surface area contributed by atoms with E-state index < -0.39 is 0 Å². The summed E-state index contributed by atoms with van der Waals surface area (Å²) in [6, 6.07) is 14.0. The minimum atomic E-state index is 0.567. The van der Waals surface area contributed by atoms with E-state index in [1.165, 1.54) is 5.56 Å². The summed E-state index contributed by atoms with van der Waals surface area (Å²) in [5.41, 5.74) is 3.93. The van der Waals surface area contributed by atoms with E-state index >= 15 is 0 Å². The molecule has 0 saturated heterocycles. The molecular formula is C18H21NO2. The third-order valence-electron chi connectivity index (χ3n) is 3.28. The van der Waals surface area contributed by atoms with Crippen LogP contribution < -0.4 is 4.74 Å². The molecule has 2 rings (SSSR count). The van der Waals surface area contributed by atoms with Crippen molar-refractivity contribution in [3.05, 3.63) is 53.6 Å². The fourth-order valence-electron chi connectivity index (χ4n) is 2.11. The van der Waals surface area contributed by atoms with Gasteiger partial charge in [-0.2, -0.15) is 0 Å². The molecule has 0 bridgehead atoms. The zero-order chi connectivity index (χ0) is 15.2. The summed E-state index contributed by atoms with van der Waals surface area (Å²) in [6.45, 7) is 3.44. The summed E-state index contributed by atoms with van der Waals surface area (Å²) in [7, 11) is 3.98. The average molecular weight is 283 g/mol. The number of rotatable bonds is 6. The Balaban J connectivity index is 2.21. The molecule has 0 aliphatic heterocycles. The highest BCUT2D eigenvalue weighted by atomic mass is 16.5. The molecule has 0 aliphatic rings. The van der Waals surface area contributed by atoms with Crippen LogP contribution in [0.15, 0.2) is 42.5 Å². The number of hydrogen-bond donors (Lipinski definition) is 0. The second-order valence-electron chi connectivity index (χ2n) is 5.39. The van der Waals surface area contributed by atoms with Crippen molar-refractivity contribution in [2.45, 2.75) is 6.92 Å². The van der Waals surface area contributed by atoms with Gasteiger partial charge < -0.3 is 9.64 Å². The second kappa shape index (κ2) is 7.04. The Labute approximate surface area is 126 Å². The van der Waals surface area contributed by atoms with E-state index in [1.54, 1.807) is 0 Å². The molecule has 0 heterocycles. The van der Waals surface area contributed by atoms with Crippen LogP contribution in [-0.2, 0) is 0 Å². The third-order valence-corrected chi connectivity index (χ3v) is 3.28. The number of benzene rings is 2. The minimum absolute atomic E-state index is 0.567. The quantitative estimate of drug-likeness (QED) is 0.761. The van der Waals surface area contributed by atoms with Gasteiger partial charge in [-0.05, 0) is 44.3 Å². The summed E-state index contributed by atoms with van der Waals surface area (Å²) in [4.78, 5) is 13.3. The number of hydrogen-bond acceptors (Lipinski definition) is 3. The zero-order valence-electron chi connectivity index (χ0n) is 12.8. The number of aryl methyl sites for hydroxylation is 1. The number of carbonyl (C=O) groups excluding carboxylic acids is 1. The van der Waals surface area contributed by atoms with Crippen molar-refractivity contribution in [3.63, 3.8) is 0 Å². The normalized spacial score (nSPS) is 10.7. The van der Waals surface area contributed by atoms with Crippen LogP contribution in [0.4, 0.5) is 0 Å². The fourth-order valence-corrected chi connectivity index (χ4v) is 2.11. The maximum Gasteiger partial charge on any atom is 0.153 e. The van der Waals surface area contributed by atoms with Gasteiger partial charge in [0.1, 0.15) is 12.4 Å². The summed E-state index contributed by atoms with van der Waals surface area (Å²) in [6.07, 6.45) is 0.851. The first kappa shape index (κ1) is 15.3. The Morgan fingerprint density at radius 2 is 1.86 bits per heavy atom. The Morgan fingerprint density at radius 3 is 2.52 bits per heavy atom.